The first-order chi connectivity index (χ1) is 11.6. The highest BCUT2D eigenvalue weighted by Gasteiger charge is 2.23. The Morgan fingerprint density at radius 3 is 2.48 bits per heavy atom. The molecule has 0 amide bonds. The molecule has 0 fully saturated rings. The predicted molar refractivity (Wildman–Crippen MR) is 94.8 cm³/mol. The van der Waals surface area contributed by atoms with E-state index in [2.05, 4.69) is 4.57 Å². The third-order valence-corrected chi connectivity index (χ3v) is 3.94. The average Bonchev–Trinajstić information content (AvgIpc) is 2.80. The van der Waals surface area contributed by atoms with Gasteiger partial charge in [0.1, 0.15) is 11.6 Å². The van der Waals surface area contributed by atoms with Gasteiger partial charge in [-0.2, -0.15) is 5.26 Å². The van der Waals surface area contributed by atoms with Crippen molar-refractivity contribution in [2.75, 3.05) is 20.3 Å². The van der Waals surface area contributed by atoms with Crippen LogP contribution in [-0.4, -0.2) is 36.6 Å². The van der Waals surface area contributed by atoms with Crippen molar-refractivity contribution >= 4 is 17.8 Å². The van der Waals surface area contributed by atoms with Gasteiger partial charge >= 0.3 is 5.97 Å². The number of nitrogens with zero attached hydrogens (tertiary/aromatic N) is 2. The minimum absolute atomic E-state index is 0.131. The molecule has 6 heteroatoms. The number of aryl methyl sites for hydroxylation is 1. The zero-order valence-electron chi connectivity index (χ0n) is 15.8. The number of aromatic nitrogens is 1. The van der Waals surface area contributed by atoms with Crippen molar-refractivity contribution in [3.63, 3.8) is 0 Å². The van der Waals surface area contributed by atoms with Gasteiger partial charge in [-0.1, -0.05) is 20.8 Å². The van der Waals surface area contributed by atoms with Gasteiger partial charge in [-0.15, -0.1) is 0 Å². The lowest BCUT2D eigenvalue weighted by molar-refractivity contribution is -0.146. The SMILES string of the molecule is COCCn1c(C)cc(C=C(C#N)C(=O)OCC(=O)C(C)(C)C)c1C. The second kappa shape index (κ2) is 8.63. The van der Waals surface area contributed by atoms with Crippen molar-refractivity contribution in [2.24, 2.45) is 5.41 Å². The summed E-state index contributed by atoms with van der Waals surface area (Å²) in [5.74, 6) is -0.988. The highest BCUT2D eigenvalue weighted by Crippen LogP contribution is 2.19. The monoisotopic (exact) mass is 346 g/mol. The van der Waals surface area contributed by atoms with Crippen LogP contribution in [0.15, 0.2) is 11.6 Å². The van der Waals surface area contributed by atoms with Gasteiger partial charge in [0.15, 0.2) is 12.4 Å². The number of carbonyl (C=O) groups excluding carboxylic acids is 2. The molecule has 1 aromatic heterocycles. The molecule has 1 rings (SSSR count). The Hall–Kier alpha value is -2.39. The maximum absolute atomic E-state index is 12.1. The summed E-state index contributed by atoms with van der Waals surface area (Å²) < 4.78 is 12.1. The number of hydrogen-bond donors (Lipinski definition) is 0. The molecule has 0 saturated heterocycles. The fourth-order valence-electron chi connectivity index (χ4n) is 2.22. The van der Waals surface area contributed by atoms with Gasteiger partial charge in [0.25, 0.3) is 0 Å². The molecule has 6 nitrogen and oxygen atoms in total. The molecule has 1 aromatic rings. The van der Waals surface area contributed by atoms with Gasteiger partial charge in [-0.3, -0.25) is 4.79 Å². The Kier molecular flexibility index (Phi) is 7.13. The molecule has 0 radical (unpaired) electrons. The first kappa shape index (κ1) is 20.7. The minimum atomic E-state index is -0.790. The summed E-state index contributed by atoms with van der Waals surface area (Å²) in [7, 11) is 1.64. The van der Waals surface area contributed by atoms with E-state index in [9.17, 15) is 14.9 Å². The van der Waals surface area contributed by atoms with Crippen molar-refractivity contribution in [1.82, 2.24) is 4.57 Å². The number of carbonyl (C=O) groups is 2. The number of ether oxygens (including phenoxy) is 2. The number of ketones is 1. The molecule has 0 N–H and O–H groups in total. The zero-order valence-corrected chi connectivity index (χ0v) is 15.8. The lowest BCUT2D eigenvalue weighted by atomic mass is 9.91. The molecule has 0 bridgehead atoms. The van der Waals surface area contributed by atoms with E-state index >= 15 is 0 Å². The molecule has 1 heterocycles. The molecule has 25 heavy (non-hydrogen) atoms. The second-order valence-electron chi connectivity index (χ2n) is 6.89. The van der Waals surface area contributed by atoms with E-state index in [4.69, 9.17) is 9.47 Å². The van der Waals surface area contributed by atoms with Gasteiger partial charge in [-0.25, -0.2) is 4.79 Å². The summed E-state index contributed by atoms with van der Waals surface area (Å²) in [4.78, 5) is 23.9. The number of esters is 1. The molecular formula is C19H26N2O4. The minimum Gasteiger partial charge on any atom is -0.454 e. The maximum atomic E-state index is 12.1. The van der Waals surface area contributed by atoms with Gasteiger partial charge < -0.3 is 14.0 Å². The molecule has 0 spiro atoms. The number of nitriles is 1. The van der Waals surface area contributed by atoms with Crippen LogP contribution in [0, 0.1) is 30.6 Å². The van der Waals surface area contributed by atoms with Crippen LogP contribution in [0.4, 0.5) is 0 Å². The summed E-state index contributed by atoms with van der Waals surface area (Å²) in [6, 6.07) is 3.75. The molecule has 0 aromatic carbocycles. The van der Waals surface area contributed by atoms with Gasteiger partial charge in [-0.05, 0) is 31.6 Å². The Morgan fingerprint density at radius 1 is 1.32 bits per heavy atom. The van der Waals surface area contributed by atoms with Crippen LogP contribution < -0.4 is 0 Å². The molecule has 0 aliphatic rings. The number of methoxy groups -OCH3 is 1. The quantitative estimate of drug-likeness (QED) is 0.431. The van der Waals surface area contributed by atoms with Crippen LogP contribution in [0.3, 0.4) is 0 Å². The first-order valence-electron chi connectivity index (χ1n) is 8.09. The van der Waals surface area contributed by atoms with Crippen LogP contribution in [0.1, 0.15) is 37.7 Å². The fourth-order valence-corrected chi connectivity index (χ4v) is 2.22. The maximum Gasteiger partial charge on any atom is 0.349 e. The van der Waals surface area contributed by atoms with Crippen LogP contribution in [-0.2, 0) is 25.6 Å². The highest BCUT2D eigenvalue weighted by atomic mass is 16.5. The first-order valence-corrected chi connectivity index (χ1v) is 8.09. The van der Waals surface area contributed by atoms with E-state index in [1.54, 1.807) is 27.9 Å². The van der Waals surface area contributed by atoms with E-state index in [1.807, 2.05) is 26.0 Å². The number of rotatable bonds is 7. The van der Waals surface area contributed by atoms with E-state index in [-0.39, 0.29) is 18.0 Å². The topological polar surface area (TPSA) is 81.3 Å². The van der Waals surface area contributed by atoms with E-state index < -0.39 is 11.4 Å². The lowest BCUT2D eigenvalue weighted by Crippen LogP contribution is -2.26. The molecule has 0 unspecified atom stereocenters. The molecule has 0 saturated carbocycles. The van der Waals surface area contributed by atoms with E-state index in [1.165, 1.54) is 6.08 Å². The Bertz CT molecular complexity index is 715. The second-order valence-corrected chi connectivity index (χ2v) is 6.89. The molecule has 0 atom stereocenters. The largest absolute Gasteiger partial charge is 0.454 e. The highest BCUT2D eigenvalue weighted by molar-refractivity contribution is 5.99. The van der Waals surface area contributed by atoms with Gasteiger partial charge in [0, 0.05) is 30.5 Å². The van der Waals surface area contributed by atoms with Crippen molar-refractivity contribution in [3.8, 4) is 6.07 Å². The molecular weight excluding hydrogens is 320 g/mol. The summed E-state index contributed by atoms with van der Waals surface area (Å²) in [5.41, 5.74) is 1.98. The van der Waals surface area contributed by atoms with E-state index in [0.717, 1.165) is 17.0 Å². The molecule has 0 aliphatic carbocycles. The van der Waals surface area contributed by atoms with Gasteiger partial charge in [0.05, 0.1) is 6.61 Å². The third-order valence-electron chi connectivity index (χ3n) is 3.94. The zero-order chi connectivity index (χ0) is 19.2. The smallest absolute Gasteiger partial charge is 0.349 e. The summed E-state index contributed by atoms with van der Waals surface area (Å²) >= 11 is 0. The van der Waals surface area contributed by atoms with Crippen LogP contribution in [0.2, 0.25) is 0 Å². The van der Waals surface area contributed by atoms with Crippen LogP contribution in [0.25, 0.3) is 6.08 Å². The lowest BCUT2D eigenvalue weighted by Gasteiger charge is -2.15. The average molecular weight is 346 g/mol. The van der Waals surface area contributed by atoms with Crippen molar-refractivity contribution in [1.29, 1.82) is 5.26 Å². The van der Waals surface area contributed by atoms with Crippen molar-refractivity contribution < 1.29 is 19.1 Å². The Balaban J connectivity index is 2.95. The van der Waals surface area contributed by atoms with Crippen molar-refractivity contribution in [3.05, 3.63) is 28.6 Å². The predicted octanol–water partition coefficient (Wildman–Crippen LogP) is 2.82. The summed E-state index contributed by atoms with van der Waals surface area (Å²) in [5, 5.41) is 9.26. The van der Waals surface area contributed by atoms with Crippen LogP contribution >= 0.6 is 0 Å². The Morgan fingerprint density at radius 2 is 1.96 bits per heavy atom. The number of hydrogen-bond acceptors (Lipinski definition) is 5. The normalized spacial score (nSPS) is 12.0. The molecule has 0 aliphatic heterocycles. The Labute approximate surface area is 149 Å². The standard InChI is InChI=1S/C19H26N2O4/c1-13-9-15(14(2)21(13)7-8-24-6)10-16(11-20)18(23)25-12-17(22)19(3,4)5/h9-10H,7-8,12H2,1-6H3. The summed E-state index contributed by atoms with van der Waals surface area (Å²) in [6.45, 7) is 10.0. The van der Waals surface area contributed by atoms with E-state index in [0.29, 0.717) is 13.2 Å². The van der Waals surface area contributed by atoms with Crippen LogP contribution in [0.5, 0.6) is 0 Å². The fraction of sp³-hybridized carbons (Fsp3) is 0.526. The summed E-state index contributed by atoms with van der Waals surface area (Å²) in [6.07, 6.45) is 1.50. The number of Topliss-reactive ketones (excluding diaryl/α,β-unsaturated/α-hetero) is 1. The van der Waals surface area contributed by atoms with Gasteiger partial charge in [0.2, 0.25) is 0 Å². The third kappa shape index (κ3) is 5.57. The molecule has 136 valence electrons. The van der Waals surface area contributed by atoms with Crippen molar-refractivity contribution in [2.45, 2.75) is 41.2 Å².